The summed E-state index contributed by atoms with van der Waals surface area (Å²) in [6, 6.07) is 12.5. The molecule has 0 atom stereocenters. The topological polar surface area (TPSA) is 89.5 Å². The SMILES string of the molecule is COc1ccccc1/C=N\NC(=O)C1CCN(C(=O)c2ccc(OC)c(OC)c2)CC1. The first-order valence-electron chi connectivity index (χ1n) is 10.0. The number of amides is 2. The van der Waals surface area contributed by atoms with Crippen molar-refractivity contribution in [2.75, 3.05) is 34.4 Å². The zero-order valence-corrected chi connectivity index (χ0v) is 18.0. The minimum Gasteiger partial charge on any atom is -0.496 e. The van der Waals surface area contributed by atoms with E-state index in [9.17, 15) is 9.59 Å². The molecule has 3 rings (SSSR count). The smallest absolute Gasteiger partial charge is 0.253 e. The number of ether oxygens (including phenoxy) is 3. The van der Waals surface area contributed by atoms with E-state index in [2.05, 4.69) is 10.5 Å². The highest BCUT2D eigenvalue weighted by Gasteiger charge is 2.28. The quantitative estimate of drug-likeness (QED) is 0.544. The first kappa shape index (κ1) is 22.1. The molecule has 164 valence electrons. The maximum Gasteiger partial charge on any atom is 0.253 e. The van der Waals surface area contributed by atoms with Crippen LogP contribution in [0.25, 0.3) is 0 Å². The van der Waals surface area contributed by atoms with Crippen LogP contribution in [0.15, 0.2) is 47.6 Å². The fourth-order valence-electron chi connectivity index (χ4n) is 3.53. The molecule has 1 N–H and O–H groups in total. The van der Waals surface area contributed by atoms with Gasteiger partial charge >= 0.3 is 0 Å². The molecule has 2 aromatic rings. The van der Waals surface area contributed by atoms with Crippen molar-refractivity contribution in [1.82, 2.24) is 10.3 Å². The molecule has 0 aromatic heterocycles. The van der Waals surface area contributed by atoms with Gasteiger partial charge < -0.3 is 19.1 Å². The van der Waals surface area contributed by atoms with Crippen LogP contribution in [-0.4, -0.2) is 57.3 Å². The Morgan fingerprint density at radius 3 is 2.32 bits per heavy atom. The van der Waals surface area contributed by atoms with Crippen molar-refractivity contribution < 1.29 is 23.8 Å². The Kier molecular flexibility index (Phi) is 7.48. The molecule has 1 aliphatic rings. The van der Waals surface area contributed by atoms with E-state index in [-0.39, 0.29) is 17.7 Å². The second kappa shape index (κ2) is 10.5. The molecule has 0 bridgehead atoms. The van der Waals surface area contributed by atoms with Crippen LogP contribution in [0.2, 0.25) is 0 Å². The summed E-state index contributed by atoms with van der Waals surface area (Å²) in [6.07, 6.45) is 2.72. The number of carbonyl (C=O) groups excluding carboxylic acids is 2. The molecule has 1 fully saturated rings. The molecular formula is C23H27N3O5. The highest BCUT2D eigenvalue weighted by atomic mass is 16.5. The zero-order valence-electron chi connectivity index (χ0n) is 18.0. The normalized spacial score (nSPS) is 14.4. The van der Waals surface area contributed by atoms with Crippen LogP contribution in [0, 0.1) is 5.92 Å². The fraction of sp³-hybridized carbons (Fsp3) is 0.348. The van der Waals surface area contributed by atoms with Gasteiger partial charge in [-0.15, -0.1) is 0 Å². The number of hydrazone groups is 1. The Balaban J connectivity index is 1.53. The van der Waals surface area contributed by atoms with Gasteiger partial charge in [0, 0.05) is 30.1 Å². The second-order valence-corrected chi connectivity index (χ2v) is 7.11. The lowest BCUT2D eigenvalue weighted by molar-refractivity contribution is -0.126. The number of para-hydroxylation sites is 1. The summed E-state index contributed by atoms with van der Waals surface area (Å²) in [7, 11) is 4.67. The minimum absolute atomic E-state index is 0.0889. The van der Waals surface area contributed by atoms with Crippen LogP contribution in [0.4, 0.5) is 0 Å². The first-order chi connectivity index (χ1) is 15.1. The maximum absolute atomic E-state index is 12.8. The molecule has 1 aliphatic heterocycles. The third-order valence-electron chi connectivity index (χ3n) is 5.30. The van der Waals surface area contributed by atoms with Gasteiger partial charge in [-0.05, 0) is 43.2 Å². The lowest BCUT2D eigenvalue weighted by atomic mass is 9.95. The predicted octanol–water partition coefficient (Wildman–Crippen LogP) is 2.71. The van der Waals surface area contributed by atoms with Gasteiger partial charge in [0.05, 0.1) is 27.5 Å². The summed E-state index contributed by atoms with van der Waals surface area (Å²) in [6.45, 7) is 1.00. The van der Waals surface area contributed by atoms with E-state index in [0.29, 0.717) is 48.7 Å². The van der Waals surface area contributed by atoms with E-state index in [1.807, 2.05) is 24.3 Å². The number of likely N-dealkylation sites (tertiary alicyclic amines) is 1. The van der Waals surface area contributed by atoms with E-state index >= 15 is 0 Å². The van der Waals surface area contributed by atoms with Crippen LogP contribution in [0.5, 0.6) is 17.2 Å². The van der Waals surface area contributed by atoms with Crippen LogP contribution < -0.4 is 19.6 Å². The molecule has 31 heavy (non-hydrogen) atoms. The third kappa shape index (κ3) is 5.33. The Morgan fingerprint density at radius 2 is 1.65 bits per heavy atom. The number of nitrogens with zero attached hydrogens (tertiary/aromatic N) is 2. The van der Waals surface area contributed by atoms with Crippen molar-refractivity contribution >= 4 is 18.0 Å². The monoisotopic (exact) mass is 425 g/mol. The molecule has 0 radical (unpaired) electrons. The number of hydrogen-bond acceptors (Lipinski definition) is 6. The fourth-order valence-corrected chi connectivity index (χ4v) is 3.53. The van der Waals surface area contributed by atoms with E-state index in [1.165, 1.54) is 7.11 Å². The Hall–Kier alpha value is -3.55. The van der Waals surface area contributed by atoms with Gasteiger partial charge in [-0.2, -0.15) is 5.10 Å². The minimum atomic E-state index is -0.190. The highest BCUT2D eigenvalue weighted by Crippen LogP contribution is 2.29. The highest BCUT2D eigenvalue weighted by molar-refractivity contribution is 5.95. The zero-order chi connectivity index (χ0) is 22.2. The van der Waals surface area contributed by atoms with E-state index < -0.39 is 0 Å². The molecule has 8 nitrogen and oxygen atoms in total. The van der Waals surface area contributed by atoms with Gasteiger partial charge in [-0.1, -0.05) is 12.1 Å². The van der Waals surface area contributed by atoms with Crippen molar-refractivity contribution in [2.45, 2.75) is 12.8 Å². The largest absolute Gasteiger partial charge is 0.496 e. The van der Waals surface area contributed by atoms with Gasteiger partial charge in [0.1, 0.15) is 5.75 Å². The van der Waals surface area contributed by atoms with Crippen LogP contribution in [0.3, 0.4) is 0 Å². The molecule has 0 unspecified atom stereocenters. The van der Waals surface area contributed by atoms with Gasteiger partial charge in [0.2, 0.25) is 5.91 Å². The van der Waals surface area contributed by atoms with Crippen LogP contribution >= 0.6 is 0 Å². The predicted molar refractivity (Wildman–Crippen MR) is 117 cm³/mol. The number of nitrogens with one attached hydrogen (secondary N) is 1. The molecule has 0 saturated carbocycles. The number of rotatable bonds is 7. The van der Waals surface area contributed by atoms with E-state index in [0.717, 1.165) is 5.56 Å². The number of carbonyl (C=O) groups is 2. The molecule has 0 spiro atoms. The maximum atomic E-state index is 12.8. The summed E-state index contributed by atoms with van der Waals surface area (Å²) in [5, 5.41) is 4.05. The molecule has 1 saturated heterocycles. The van der Waals surface area contributed by atoms with Gasteiger partial charge in [-0.25, -0.2) is 5.43 Å². The summed E-state index contributed by atoms with van der Waals surface area (Å²) >= 11 is 0. The standard InChI is InChI=1S/C23H27N3O5/c1-29-19-7-5-4-6-18(19)15-24-25-22(27)16-10-12-26(13-11-16)23(28)17-8-9-20(30-2)21(14-17)31-3/h4-9,14-16H,10-13H2,1-3H3,(H,25,27)/b24-15-. The molecule has 2 aromatic carbocycles. The first-order valence-corrected chi connectivity index (χ1v) is 10.0. The van der Waals surface area contributed by atoms with Gasteiger partial charge in [0.15, 0.2) is 11.5 Å². The van der Waals surface area contributed by atoms with Gasteiger partial charge in [0.25, 0.3) is 5.91 Å². The number of piperidine rings is 1. The molecule has 2 amide bonds. The Morgan fingerprint density at radius 1 is 0.968 bits per heavy atom. The molecule has 1 heterocycles. The third-order valence-corrected chi connectivity index (χ3v) is 5.30. The average molecular weight is 425 g/mol. The summed E-state index contributed by atoms with van der Waals surface area (Å²) in [5.74, 6) is 1.34. The van der Waals surface area contributed by atoms with Crippen molar-refractivity contribution in [3.8, 4) is 17.2 Å². The van der Waals surface area contributed by atoms with Crippen molar-refractivity contribution in [3.63, 3.8) is 0 Å². The second-order valence-electron chi connectivity index (χ2n) is 7.11. The molecule has 0 aliphatic carbocycles. The lowest BCUT2D eigenvalue weighted by Gasteiger charge is -2.31. The van der Waals surface area contributed by atoms with E-state index in [1.54, 1.807) is 43.5 Å². The Labute approximate surface area is 181 Å². The lowest BCUT2D eigenvalue weighted by Crippen LogP contribution is -2.42. The van der Waals surface area contributed by atoms with Crippen molar-refractivity contribution in [1.29, 1.82) is 0 Å². The summed E-state index contributed by atoms with van der Waals surface area (Å²) in [4.78, 5) is 27.0. The molecule has 8 heteroatoms. The van der Waals surface area contributed by atoms with Crippen molar-refractivity contribution in [2.24, 2.45) is 11.0 Å². The average Bonchev–Trinajstić information content (AvgIpc) is 2.83. The summed E-state index contributed by atoms with van der Waals surface area (Å²) in [5.41, 5.74) is 3.90. The number of methoxy groups -OCH3 is 3. The Bertz CT molecular complexity index is 952. The van der Waals surface area contributed by atoms with Crippen molar-refractivity contribution in [3.05, 3.63) is 53.6 Å². The number of benzene rings is 2. The number of hydrogen-bond donors (Lipinski definition) is 1. The van der Waals surface area contributed by atoms with Crippen LogP contribution in [0.1, 0.15) is 28.8 Å². The summed E-state index contributed by atoms with van der Waals surface area (Å²) < 4.78 is 15.8. The molecular weight excluding hydrogens is 398 g/mol. The van der Waals surface area contributed by atoms with Crippen LogP contribution in [-0.2, 0) is 4.79 Å². The van der Waals surface area contributed by atoms with E-state index in [4.69, 9.17) is 14.2 Å². The van der Waals surface area contributed by atoms with Gasteiger partial charge in [-0.3, -0.25) is 9.59 Å².